The molecule has 0 N–H and O–H groups in total. The van der Waals surface area contributed by atoms with Crippen molar-refractivity contribution in [2.24, 2.45) is 0 Å². The smallest absolute Gasteiger partial charge is 0.192 e. The van der Waals surface area contributed by atoms with Gasteiger partial charge in [-0.05, 0) is 32.1 Å². The van der Waals surface area contributed by atoms with Gasteiger partial charge < -0.3 is 4.74 Å². The minimum absolute atomic E-state index is 0.0203. The highest BCUT2D eigenvalue weighted by Gasteiger charge is 1.97. The third-order valence-electron chi connectivity index (χ3n) is 1.75. The van der Waals surface area contributed by atoms with Crippen molar-refractivity contribution < 1.29 is 9.53 Å². The molecule has 14 heavy (non-hydrogen) atoms. The molecule has 0 spiro atoms. The molecule has 0 saturated heterocycles. The number of carbonyl (C=O) groups is 1. The fourth-order valence-electron chi connectivity index (χ4n) is 1.02. The molecule has 0 fully saturated rings. The first-order valence-electron chi connectivity index (χ1n) is 4.57. The SMILES string of the molecule is C/C=C/C(=O)COc1ccc(C)cc1. The van der Waals surface area contributed by atoms with E-state index in [1.54, 1.807) is 6.08 Å². The van der Waals surface area contributed by atoms with Gasteiger partial charge in [0.15, 0.2) is 12.4 Å². The zero-order valence-corrected chi connectivity index (χ0v) is 8.49. The topological polar surface area (TPSA) is 26.3 Å². The van der Waals surface area contributed by atoms with Crippen molar-refractivity contribution in [1.29, 1.82) is 0 Å². The third-order valence-corrected chi connectivity index (χ3v) is 1.75. The lowest BCUT2D eigenvalue weighted by Gasteiger charge is -2.03. The number of ketones is 1. The van der Waals surface area contributed by atoms with E-state index in [1.807, 2.05) is 38.1 Å². The monoisotopic (exact) mass is 190 g/mol. The average Bonchev–Trinajstić information content (AvgIpc) is 2.17. The Morgan fingerprint density at radius 3 is 2.57 bits per heavy atom. The molecule has 0 unspecified atom stereocenters. The molecular formula is C12H14O2. The summed E-state index contributed by atoms with van der Waals surface area (Å²) in [7, 11) is 0. The molecule has 1 aromatic rings. The van der Waals surface area contributed by atoms with Crippen LogP contribution in [0.5, 0.6) is 5.75 Å². The number of allylic oxidation sites excluding steroid dienone is 1. The van der Waals surface area contributed by atoms with Gasteiger partial charge in [-0.2, -0.15) is 0 Å². The molecule has 0 radical (unpaired) electrons. The van der Waals surface area contributed by atoms with Gasteiger partial charge in [0.25, 0.3) is 0 Å². The van der Waals surface area contributed by atoms with Crippen LogP contribution in [0, 0.1) is 6.92 Å². The van der Waals surface area contributed by atoms with Gasteiger partial charge in [0.2, 0.25) is 0 Å². The van der Waals surface area contributed by atoms with Crippen LogP contribution in [0.3, 0.4) is 0 Å². The van der Waals surface area contributed by atoms with Crippen LogP contribution in [0.4, 0.5) is 0 Å². The van der Waals surface area contributed by atoms with Crippen LogP contribution in [0.25, 0.3) is 0 Å². The molecule has 1 aromatic carbocycles. The van der Waals surface area contributed by atoms with E-state index in [0.29, 0.717) is 0 Å². The largest absolute Gasteiger partial charge is 0.485 e. The number of hydrogen-bond donors (Lipinski definition) is 0. The summed E-state index contributed by atoms with van der Waals surface area (Å²) in [6.45, 7) is 3.92. The average molecular weight is 190 g/mol. The minimum atomic E-state index is -0.0203. The maximum absolute atomic E-state index is 11.1. The van der Waals surface area contributed by atoms with Crippen molar-refractivity contribution >= 4 is 5.78 Å². The number of aryl methyl sites for hydroxylation is 1. The molecule has 0 saturated carbocycles. The lowest BCUT2D eigenvalue weighted by Crippen LogP contribution is -2.07. The number of rotatable bonds is 4. The van der Waals surface area contributed by atoms with E-state index in [2.05, 4.69) is 0 Å². The normalized spacial score (nSPS) is 10.4. The maximum atomic E-state index is 11.1. The van der Waals surface area contributed by atoms with E-state index in [9.17, 15) is 4.79 Å². The Balaban J connectivity index is 2.46. The summed E-state index contributed by atoms with van der Waals surface area (Å²) in [4.78, 5) is 11.1. The molecule has 2 heteroatoms. The summed E-state index contributed by atoms with van der Waals surface area (Å²) in [6, 6.07) is 7.63. The van der Waals surface area contributed by atoms with Crippen LogP contribution in [0.15, 0.2) is 36.4 Å². The Hall–Kier alpha value is -1.57. The van der Waals surface area contributed by atoms with Crippen LogP contribution in [-0.2, 0) is 4.79 Å². The van der Waals surface area contributed by atoms with Crippen molar-refractivity contribution in [3.63, 3.8) is 0 Å². The second-order valence-corrected chi connectivity index (χ2v) is 3.07. The van der Waals surface area contributed by atoms with Crippen molar-refractivity contribution in [3.8, 4) is 5.75 Å². The van der Waals surface area contributed by atoms with Gasteiger partial charge in [0, 0.05) is 0 Å². The Kier molecular flexibility index (Phi) is 3.92. The molecule has 0 heterocycles. The van der Waals surface area contributed by atoms with Crippen LogP contribution in [0.1, 0.15) is 12.5 Å². The number of benzene rings is 1. The maximum Gasteiger partial charge on any atom is 0.192 e. The number of ether oxygens (including phenoxy) is 1. The summed E-state index contributed by atoms with van der Waals surface area (Å²) in [5.74, 6) is 0.710. The predicted octanol–water partition coefficient (Wildman–Crippen LogP) is 2.52. The van der Waals surface area contributed by atoms with E-state index >= 15 is 0 Å². The van der Waals surface area contributed by atoms with E-state index in [-0.39, 0.29) is 12.4 Å². The first-order chi connectivity index (χ1) is 6.72. The molecule has 2 nitrogen and oxygen atoms in total. The quantitative estimate of drug-likeness (QED) is 0.682. The summed E-state index contributed by atoms with van der Waals surface area (Å²) < 4.78 is 5.27. The first-order valence-corrected chi connectivity index (χ1v) is 4.57. The summed E-state index contributed by atoms with van der Waals surface area (Å²) in [5, 5.41) is 0. The van der Waals surface area contributed by atoms with Gasteiger partial charge in [-0.25, -0.2) is 0 Å². The Morgan fingerprint density at radius 1 is 1.36 bits per heavy atom. The second kappa shape index (κ2) is 5.22. The van der Waals surface area contributed by atoms with E-state index in [0.717, 1.165) is 5.75 Å². The lowest BCUT2D eigenvalue weighted by atomic mass is 10.2. The molecule has 0 aromatic heterocycles. The molecule has 0 atom stereocenters. The molecule has 74 valence electrons. The molecule has 0 aliphatic rings. The minimum Gasteiger partial charge on any atom is -0.485 e. The van der Waals surface area contributed by atoms with E-state index < -0.39 is 0 Å². The summed E-state index contributed by atoms with van der Waals surface area (Å²) in [6.07, 6.45) is 3.22. The van der Waals surface area contributed by atoms with Crippen LogP contribution >= 0.6 is 0 Å². The van der Waals surface area contributed by atoms with Gasteiger partial charge in [-0.15, -0.1) is 0 Å². The van der Waals surface area contributed by atoms with Gasteiger partial charge >= 0.3 is 0 Å². The van der Waals surface area contributed by atoms with Crippen molar-refractivity contribution in [2.45, 2.75) is 13.8 Å². The Bertz CT molecular complexity index is 323. The molecule has 0 aliphatic carbocycles. The first kappa shape index (κ1) is 10.5. The van der Waals surface area contributed by atoms with Crippen molar-refractivity contribution in [2.75, 3.05) is 6.61 Å². The Labute approximate surface area is 84.2 Å². The highest BCUT2D eigenvalue weighted by Crippen LogP contribution is 2.10. The van der Waals surface area contributed by atoms with Gasteiger partial charge in [0.1, 0.15) is 5.75 Å². The second-order valence-electron chi connectivity index (χ2n) is 3.07. The zero-order chi connectivity index (χ0) is 10.4. The fraction of sp³-hybridized carbons (Fsp3) is 0.250. The van der Waals surface area contributed by atoms with E-state index in [1.165, 1.54) is 11.6 Å². The van der Waals surface area contributed by atoms with Gasteiger partial charge in [0.05, 0.1) is 0 Å². The molecule has 0 amide bonds. The van der Waals surface area contributed by atoms with Crippen molar-refractivity contribution in [1.82, 2.24) is 0 Å². The molecule has 1 rings (SSSR count). The third kappa shape index (κ3) is 3.44. The van der Waals surface area contributed by atoms with Crippen LogP contribution in [0.2, 0.25) is 0 Å². The zero-order valence-electron chi connectivity index (χ0n) is 8.49. The van der Waals surface area contributed by atoms with Gasteiger partial charge in [-0.1, -0.05) is 23.8 Å². The Morgan fingerprint density at radius 2 is 2.00 bits per heavy atom. The summed E-state index contributed by atoms with van der Waals surface area (Å²) >= 11 is 0. The molecular weight excluding hydrogens is 176 g/mol. The van der Waals surface area contributed by atoms with Gasteiger partial charge in [-0.3, -0.25) is 4.79 Å². The van der Waals surface area contributed by atoms with E-state index in [4.69, 9.17) is 4.74 Å². The highest BCUT2D eigenvalue weighted by molar-refractivity contribution is 5.90. The number of carbonyl (C=O) groups excluding carboxylic acids is 1. The summed E-state index contributed by atoms with van der Waals surface area (Å²) in [5.41, 5.74) is 1.18. The molecule has 0 aliphatic heterocycles. The van der Waals surface area contributed by atoms with Crippen LogP contribution in [-0.4, -0.2) is 12.4 Å². The van der Waals surface area contributed by atoms with Crippen LogP contribution < -0.4 is 4.74 Å². The highest BCUT2D eigenvalue weighted by atomic mass is 16.5. The lowest BCUT2D eigenvalue weighted by molar-refractivity contribution is -0.116. The van der Waals surface area contributed by atoms with Crippen molar-refractivity contribution in [3.05, 3.63) is 42.0 Å². The molecule has 0 bridgehead atoms. The number of hydrogen-bond acceptors (Lipinski definition) is 2. The fourth-order valence-corrected chi connectivity index (χ4v) is 1.02. The predicted molar refractivity (Wildman–Crippen MR) is 56.5 cm³/mol. The standard InChI is InChI=1S/C12H14O2/c1-3-4-11(13)9-14-12-7-5-10(2)6-8-12/h3-8H,9H2,1-2H3/b4-3+.